The maximum atomic E-state index is 11.9. The van der Waals surface area contributed by atoms with Gasteiger partial charge in [0.25, 0.3) is 0 Å². The van der Waals surface area contributed by atoms with Crippen molar-refractivity contribution in [2.75, 3.05) is 5.32 Å². The third-order valence-corrected chi connectivity index (χ3v) is 3.28. The largest absolute Gasteiger partial charge is 0.339 e. The van der Waals surface area contributed by atoms with Crippen LogP contribution in [0.1, 0.15) is 22.3 Å². The van der Waals surface area contributed by atoms with Crippen LogP contribution < -0.4 is 10.7 Å². The smallest absolute Gasteiger partial charge is 0.306 e. The van der Waals surface area contributed by atoms with Crippen molar-refractivity contribution in [2.24, 2.45) is 5.10 Å². The molecule has 0 spiro atoms. The Hall–Kier alpha value is -2.62. The summed E-state index contributed by atoms with van der Waals surface area (Å²) < 4.78 is 0. The summed E-state index contributed by atoms with van der Waals surface area (Å²) in [6.07, 6.45) is 1.64. The zero-order chi connectivity index (χ0) is 15.2. The van der Waals surface area contributed by atoms with E-state index in [2.05, 4.69) is 15.8 Å². The van der Waals surface area contributed by atoms with Gasteiger partial charge < -0.3 is 5.32 Å². The fourth-order valence-electron chi connectivity index (χ4n) is 2.05. The molecule has 0 unspecified atom stereocenters. The predicted octanol–water partition coefficient (Wildman–Crippen LogP) is 3.77. The molecule has 0 radical (unpaired) electrons. The van der Waals surface area contributed by atoms with Crippen LogP contribution in [0, 0.1) is 20.8 Å². The summed E-state index contributed by atoms with van der Waals surface area (Å²) >= 11 is 0. The van der Waals surface area contributed by atoms with Crippen molar-refractivity contribution in [1.29, 1.82) is 0 Å². The Kier molecular flexibility index (Phi) is 4.72. The first-order valence-electron chi connectivity index (χ1n) is 6.80. The van der Waals surface area contributed by atoms with Crippen molar-refractivity contribution in [2.45, 2.75) is 20.8 Å². The lowest BCUT2D eigenvalue weighted by Gasteiger charge is -2.10. The average molecular weight is 281 g/mol. The SMILES string of the molecule is Cc1ccccc1C=NNC(=O)Nc1c(C)cccc1C. The molecule has 2 N–H and O–H groups in total. The van der Waals surface area contributed by atoms with Gasteiger partial charge in [0, 0.05) is 5.69 Å². The number of aryl methyl sites for hydroxylation is 3. The number of hydrogen-bond acceptors (Lipinski definition) is 2. The van der Waals surface area contributed by atoms with E-state index in [1.54, 1.807) is 6.21 Å². The molecule has 2 aromatic rings. The van der Waals surface area contributed by atoms with Crippen molar-refractivity contribution < 1.29 is 4.79 Å². The maximum absolute atomic E-state index is 11.9. The number of carbonyl (C=O) groups excluding carboxylic acids is 1. The Balaban J connectivity index is 1.98. The molecule has 2 amide bonds. The highest BCUT2D eigenvalue weighted by molar-refractivity contribution is 5.92. The molecule has 0 heterocycles. The fraction of sp³-hybridized carbons (Fsp3) is 0.176. The standard InChI is InChI=1S/C17H19N3O/c1-12-7-4-5-10-15(12)11-18-20-17(21)19-16-13(2)8-6-9-14(16)3/h4-11H,1-3H3,(H2,19,20,21). The number of nitrogens with zero attached hydrogens (tertiary/aromatic N) is 1. The second-order valence-electron chi connectivity index (χ2n) is 4.95. The van der Waals surface area contributed by atoms with Crippen LogP contribution in [0.3, 0.4) is 0 Å². The minimum absolute atomic E-state index is 0.350. The zero-order valence-electron chi connectivity index (χ0n) is 12.5. The predicted molar refractivity (Wildman–Crippen MR) is 86.8 cm³/mol. The van der Waals surface area contributed by atoms with Gasteiger partial charge in [-0.15, -0.1) is 0 Å². The van der Waals surface area contributed by atoms with Crippen LogP contribution in [0.5, 0.6) is 0 Å². The van der Waals surface area contributed by atoms with E-state index in [0.717, 1.165) is 27.9 Å². The molecule has 0 atom stereocenters. The molecule has 0 aromatic heterocycles. The Labute approximate surface area is 124 Å². The number of hydrazone groups is 1. The summed E-state index contributed by atoms with van der Waals surface area (Å²) in [5.74, 6) is 0. The van der Waals surface area contributed by atoms with E-state index in [9.17, 15) is 4.79 Å². The molecule has 0 saturated heterocycles. The van der Waals surface area contributed by atoms with E-state index in [1.165, 1.54) is 0 Å². The molecule has 2 aromatic carbocycles. The van der Waals surface area contributed by atoms with E-state index in [0.29, 0.717) is 0 Å². The van der Waals surface area contributed by atoms with Crippen LogP contribution >= 0.6 is 0 Å². The number of nitrogens with one attached hydrogen (secondary N) is 2. The summed E-state index contributed by atoms with van der Waals surface area (Å²) in [6, 6.07) is 13.4. The summed E-state index contributed by atoms with van der Waals surface area (Å²) in [5, 5.41) is 6.79. The molecular weight excluding hydrogens is 262 g/mol. The van der Waals surface area contributed by atoms with Gasteiger partial charge in [-0.1, -0.05) is 42.5 Å². The third kappa shape index (κ3) is 3.92. The Morgan fingerprint density at radius 3 is 2.24 bits per heavy atom. The molecule has 0 fully saturated rings. The maximum Gasteiger partial charge on any atom is 0.339 e. The molecule has 0 aliphatic heterocycles. The lowest BCUT2D eigenvalue weighted by Crippen LogP contribution is -2.25. The topological polar surface area (TPSA) is 53.5 Å². The van der Waals surface area contributed by atoms with Crippen molar-refractivity contribution in [3.63, 3.8) is 0 Å². The first kappa shape index (κ1) is 14.8. The lowest BCUT2D eigenvalue weighted by atomic mass is 10.1. The monoisotopic (exact) mass is 281 g/mol. The highest BCUT2D eigenvalue weighted by Gasteiger charge is 2.05. The van der Waals surface area contributed by atoms with Gasteiger partial charge in [0.2, 0.25) is 0 Å². The summed E-state index contributed by atoms with van der Waals surface area (Å²) in [6.45, 7) is 5.91. The molecule has 0 saturated carbocycles. The number of carbonyl (C=O) groups is 1. The highest BCUT2D eigenvalue weighted by atomic mass is 16.2. The van der Waals surface area contributed by atoms with Gasteiger partial charge in [0.05, 0.1) is 6.21 Å². The quantitative estimate of drug-likeness (QED) is 0.653. The van der Waals surface area contributed by atoms with Crippen molar-refractivity contribution in [1.82, 2.24) is 5.43 Å². The van der Waals surface area contributed by atoms with Crippen molar-refractivity contribution in [3.05, 3.63) is 64.7 Å². The summed E-state index contributed by atoms with van der Waals surface area (Å²) in [5.41, 5.74) is 7.43. The van der Waals surface area contributed by atoms with Crippen LogP contribution in [-0.4, -0.2) is 12.2 Å². The van der Waals surface area contributed by atoms with E-state index >= 15 is 0 Å². The van der Waals surface area contributed by atoms with Crippen LogP contribution in [0.15, 0.2) is 47.6 Å². The molecular formula is C17H19N3O. The third-order valence-electron chi connectivity index (χ3n) is 3.28. The number of hydrogen-bond donors (Lipinski definition) is 2. The molecule has 4 nitrogen and oxygen atoms in total. The molecule has 2 rings (SSSR count). The van der Waals surface area contributed by atoms with E-state index in [4.69, 9.17) is 0 Å². The van der Waals surface area contributed by atoms with Crippen molar-refractivity contribution in [3.8, 4) is 0 Å². The number of anilines is 1. The number of urea groups is 1. The van der Waals surface area contributed by atoms with Crippen LogP contribution in [0.4, 0.5) is 10.5 Å². The second-order valence-corrected chi connectivity index (χ2v) is 4.95. The van der Waals surface area contributed by atoms with E-state index < -0.39 is 0 Å². The van der Waals surface area contributed by atoms with Gasteiger partial charge in [0.1, 0.15) is 0 Å². The van der Waals surface area contributed by atoms with Crippen molar-refractivity contribution >= 4 is 17.9 Å². The van der Waals surface area contributed by atoms with Gasteiger partial charge >= 0.3 is 6.03 Å². The lowest BCUT2D eigenvalue weighted by molar-refractivity contribution is 0.252. The van der Waals surface area contributed by atoms with Crippen LogP contribution in [-0.2, 0) is 0 Å². The molecule has 108 valence electrons. The normalized spacial score (nSPS) is 10.6. The summed E-state index contributed by atoms with van der Waals surface area (Å²) in [7, 11) is 0. The van der Waals surface area contributed by atoms with Gasteiger partial charge in [-0.25, -0.2) is 10.2 Å². The number of amides is 2. The fourth-order valence-corrected chi connectivity index (χ4v) is 2.05. The Bertz CT molecular complexity index is 657. The average Bonchev–Trinajstić information content (AvgIpc) is 2.45. The molecule has 0 bridgehead atoms. The van der Waals surface area contributed by atoms with Gasteiger partial charge in [-0.05, 0) is 43.0 Å². The molecule has 0 aliphatic rings. The Morgan fingerprint density at radius 1 is 0.952 bits per heavy atom. The number of para-hydroxylation sites is 1. The van der Waals surface area contributed by atoms with Gasteiger partial charge in [-0.3, -0.25) is 0 Å². The molecule has 4 heteroatoms. The minimum atomic E-state index is -0.350. The van der Waals surface area contributed by atoms with Gasteiger partial charge in [0.15, 0.2) is 0 Å². The van der Waals surface area contributed by atoms with E-state index in [-0.39, 0.29) is 6.03 Å². The summed E-state index contributed by atoms with van der Waals surface area (Å²) in [4.78, 5) is 11.9. The first-order chi connectivity index (χ1) is 10.1. The number of rotatable bonds is 3. The molecule has 21 heavy (non-hydrogen) atoms. The Morgan fingerprint density at radius 2 is 1.57 bits per heavy atom. The number of benzene rings is 2. The first-order valence-corrected chi connectivity index (χ1v) is 6.80. The van der Waals surface area contributed by atoms with Crippen LogP contribution in [0.25, 0.3) is 0 Å². The molecule has 0 aliphatic carbocycles. The van der Waals surface area contributed by atoms with Gasteiger partial charge in [-0.2, -0.15) is 5.10 Å². The van der Waals surface area contributed by atoms with E-state index in [1.807, 2.05) is 63.2 Å². The highest BCUT2D eigenvalue weighted by Crippen LogP contribution is 2.18. The van der Waals surface area contributed by atoms with Crippen LogP contribution in [0.2, 0.25) is 0 Å². The zero-order valence-corrected chi connectivity index (χ0v) is 12.5. The second kappa shape index (κ2) is 6.70. The minimum Gasteiger partial charge on any atom is -0.306 e.